The number of anilines is 2. The average Bonchev–Trinajstić information content (AvgIpc) is 3.12. The number of hydrogen-bond donors (Lipinski definition) is 2. The number of rotatable bonds is 8. The van der Waals surface area contributed by atoms with Crippen molar-refractivity contribution >= 4 is 45.7 Å². The SMILES string of the molecule is COc1cc2ncnc(Nc3ccc(Oc4nn(CC(=O)O)cc4F)cc3Cl)c2cc1[N+](=O)[O-]. The largest absolute Gasteiger partial charge is 0.490 e. The predicted molar refractivity (Wildman–Crippen MR) is 117 cm³/mol. The summed E-state index contributed by atoms with van der Waals surface area (Å²) in [4.78, 5) is 29.8. The number of methoxy groups -OCH3 is 1. The smallest absolute Gasteiger partial charge is 0.325 e. The fraction of sp³-hybridized carbons (Fsp3) is 0.100. The number of carbonyl (C=O) groups is 1. The van der Waals surface area contributed by atoms with Gasteiger partial charge in [-0.15, -0.1) is 5.10 Å². The summed E-state index contributed by atoms with van der Waals surface area (Å²) in [5.41, 5.74) is 0.528. The van der Waals surface area contributed by atoms with Crippen molar-refractivity contribution in [2.24, 2.45) is 0 Å². The summed E-state index contributed by atoms with van der Waals surface area (Å²) in [6, 6.07) is 7.10. The van der Waals surface area contributed by atoms with E-state index in [0.29, 0.717) is 16.6 Å². The van der Waals surface area contributed by atoms with Gasteiger partial charge >= 0.3 is 11.7 Å². The van der Waals surface area contributed by atoms with Crippen LogP contribution < -0.4 is 14.8 Å². The van der Waals surface area contributed by atoms with Crippen LogP contribution in [0, 0.1) is 15.9 Å². The molecule has 0 fully saturated rings. The third-order valence-corrected chi connectivity index (χ3v) is 4.84. The van der Waals surface area contributed by atoms with Crippen molar-refractivity contribution in [3.8, 4) is 17.4 Å². The maximum absolute atomic E-state index is 14.0. The first kappa shape index (κ1) is 22.7. The van der Waals surface area contributed by atoms with Crippen molar-refractivity contribution in [1.29, 1.82) is 0 Å². The Labute approximate surface area is 194 Å². The number of nitro groups is 1. The number of aromatic nitrogens is 4. The Hall–Kier alpha value is -4.52. The molecule has 0 bridgehead atoms. The molecule has 0 amide bonds. The number of carboxylic acid groups (broad SMARTS) is 1. The van der Waals surface area contributed by atoms with Gasteiger partial charge in [-0.05, 0) is 12.1 Å². The molecule has 0 spiro atoms. The lowest BCUT2D eigenvalue weighted by Crippen LogP contribution is -2.08. The van der Waals surface area contributed by atoms with Crippen LogP contribution in [0.1, 0.15) is 0 Å². The van der Waals surface area contributed by atoms with Crippen LogP contribution in [-0.2, 0) is 11.3 Å². The Balaban J connectivity index is 1.61. The number of ether oxygens (including phenoxy) is 2. The minimum atomic E-state index is -1.19. The molecule has 0 saturated carbocycles. The van der Waals surface area contributed by atoms with Gasteiger partial charge in [-0.1, -0.05) is 11.6 Å². The highest BCUT2D eigenvalue weighted by molar-refractivity contribution is 6.33. The number of nitrogens with one attached hydrogen (secondary N) is 1. The maximum atomic E-state index is 14.0. The van der Waals surface area contributed by atoms with Gasteiger partial charge in [-0.25, -0.2) is 9.97 Å². The van der Waals surface area contributed by atoms with Gasteiger partial charge in [0, 0.05) is 18.2 Å². The van der Waals surface area contributed by atoms with E-state index in [1.165, 1.54) is 43.8 Å². The summed E-state index contributed by atoms with van der Waals surface area (Å²) in [5.74, 6) is -1.99. The number of nitrogens with zero attached hydrogens (tertiary/aromatic N) is 5. The Kier molecular flexibility index (Phi) is 6.10. The van der Waals surface area contributed by atoms with E-state index in [9.17, 15) is 19.3 Å². The van der Waals surface area contributed by atoms with E-state index >= 15 is 0 Å². The molecule has 2 N–H and O–H groups in total. The molecule has 2 heterocycles. The van der Waals surface area contributed by atoms with Crippen molar-refractivity contribution < 1.29 is 28.7 Å². The van der Waals surface area contributed by atoms with Gasteiger partial charge in [0.25, 0.3) is 5.88 Å². The molecule has 12 nitrogen and oxygen atoms in total. The molecule has 4 rings (SSSR count). The minimum Gasteiger partial charge on any atom is -0.490 e. The van der Waals surface area contributed by atoms with Gasteiger partial charge in [0.05, 0.1) is 39.8 Å². The van der Waals surface area contributed by atoms with E-state index in [2.05, 4.69) is 20.4 Å². The lowest BCUT2D eigenvalue weighted by Gasteiger charge is -2.12. The number of aliphatic carboxylic acids is 1. The number of carboxylic acids is 1. The van der Waals surface area contributed by atoms with Gasteiger partial charge < -0.3 is 19.9 Å². The molecule has 0 saturated heterocycles. The average molecular weight is 489 g/mol. The Morgan fingerprint density at radius 2 is 2.12 bits per heavy atom. The van der Waals surface area contributed by atoms with Crippen LogP contribution in [0.5, 0.6) is 17.4 Å². The number of benzene rings is 2. The molecule has 0 unspecified atom stereocenters. The van der Waals surface area contributed by atoms with Crippen LogP contribution >= 0.6 is 11.6 Å². The van der Waals surface area contributed by atoms with E-state index in [0.717, 1.165) is 10.9 Å². The van der Waals surface area contributed by atoms with Crippen LogP contribution in [0.4, 0.5) is 21.6 Å². The first-order valence-electron chi connectivity index (χ1n) is 9.41. The topological polar surface area (TPSA) is 155 Å². The highest BCUT2D eigenvalue weighted by Gasteiger charge is 2.19. The molecule has 14 heteroatoms. The monoisotopic (exact) mass is 488 g/mol. The Bertz CT molecular complexity index is 1430. The molecule has 174 valence electrons. The van der Waals surface area contributed by atoms with Crippen LogP contribution in [-0.4, -0.2) is 42.9 Å². The van der Waals surface area contributed by atoms with E-state index in [1.54, 1.807) is 0 Å². The molecule has 0 aliphatic heterocycles. The molecule has 0 atom stereocenters. The zero-order valence-electron chi connectivity index (χ0n) is 17.2. The van der Waals surface area contributed by atoms with E-state index in [4.69, 9.17) is 26.2 Å². The highest BCUT2D eigenvalue weighted by Crippen LogP contribution is 2.36. The molecule has 2 aromatic heterocycles. The summed E-state index contributed by atoms with van der Waals surface area (Å²) in [6.07, 6.45) is 2.17. The van der Waals surface area contributed by atoms with Crippen molar-refractivity contribution in [2.45, 2.75) is 6.54 Å². The quantitative estimate of drug-likeness (QED) is 0.273. The molecular weight excluding hydrogens is 475 g/mol. The fourth-order valence-electron chi connectivity index (χ4n) is 3.05. The van der Waals surface area contributed by atoms with Crippen LogP contribution in [0.25, 0.3) is 10.9 Å². The normalized spacial score (nSPS) is 10.8. The Morgan fingerprint density at radius 3 is 2.79 bits per heavy atom. The van der Waals surface area contributed by atoms with E-state index in [1.807, 2.05) is 0 Å². The summed E-state index contributed by atoms with van der Waals surface area (Å²) < 4.78 is 25.3. The maximum Gasteiger partial charge on any atom is 0.325 e. The third kappa shape index (κ3) is 4.63. The second-order valence-electron chi connectivity index (χ2n) is 6.76. The van der Waals surface area contributed by atoms with Gasteiger partial charge in [-0.3, -0.25) is 19.6 Å². The number of halogens is 2. The lowest BCUT2D eigenvalue weighted by atomic mass is 10.2. The third-order valence-electron chi connectivity index (χ3n) is 4.52. The Morgan fingerprint density at radius 1 is 1.32 bits per heavy atom. The first-order valence-corrected chi connectivity index (χ1v) is 9.79. The van der Waals surface area contributed by atoms with Crippen molar-refractivity contribution in [1.82, 2.24) is 19.7 Å². The molecular formula is C20H14ClFN6O6. The minimum absolute atomic E-state index is 0.0553. The van der Waals surface area contributed by atoms with Crippen molar-refractivity contribution in [3.05, 3.63) is 63.8 Å². The molecule has 2 aromatic carbocycles. The number of hydrogen-bond acceptors (Lipinski definition) is 9. The first-order chi connectivity index (χ1) is 16.2. The van der Waals surface area contributed by atoms with Gasteiger partial charge in [0.15, 0.2) is 5.75 Å². The van der Waals surface area contributed by atoms with Gasteiger partial charge in [0.1, 0.15) is 24.4 Å². The molecule has 34 heavy (non-hydrogen) atoms. The highest BCUT2D eigenvalue weighted by atomic mass is 35.5. The number of nitro benzene ring substituents is 1. The summed E-state index contributed by atoms with van der Waals surface area (Å²) in [7, 11) is 1.32. The molecule has 0 radical (unpaired) electrons. The molecule has 4 aromatic rings. The van der Waals surface area contributed by atoms with Crippen molar-refractivity contribution in [3.63, 3.8) is 0 Å². The second-order valence-corrected chi connectivity index (χ2v) is 7.17. The molecule has 0 aliphatic carbocycles. The predicted octanol–water partition coefficient (Wildman–Crippen LogP) is 4.16. The van der Waals surface area contributed by atoms with Crippen LogP contribution in [0.15, 0.2) is 42.9 Å². The lowest BCUT2D eigenvalue weighted by molar-refractivity contribution is -0.385. The van der Waals surface area contributed by atoms with E-state index < -0.39 is 29.1 Å². The molecule has 0 aliphatic rings. The van der Waals surface area contributed by atoms with Crippen LogP contribution in [0.3, 0.4) is 0 Å². The second kappa shape index (κ2) is 9.15. The summed E-state index contributed by atoms with van der Waals surface area (Å²) >= 11 is 6.33. The van der Waals surface area contributed by atoms with E-state index in [-0.39, 0.29) is 28.0 Å². The van der Waals surface area contributed by atoms with Crippen molar-refractivity contribution in [2.75, 3.05) is 12.4 Å². The van der Waals surface area contributed by atoms with Gasteiger partial charge in [-0.2, -0.15) is 4.39 Å². The zero-order valence-corrected chi connectivity index (χ0v) is 18.0. The number of fused-ring (bicyclic) bond motifs is 1. The summed E-state index contributed by atoms with van der Waals surface area (Å²) in [5, 5.41) is 27.4. The fourth-order valence-corrected chi connectivity index (χ4v) is 3.26. The van der Waals surface area contributed by atoms with Crippen LogP contribution in [0.2, 0.25) is 5.02 Å². The summed E-state index contributed by atoms with van der Waals surface area (Å²) in [6.45, 7) is -0.527. The zero-order chi connectivity index (χ0) is 24.4. The van der Waals surface area contributed by atoms with Gasteiger partial charge in [0.2, 0.25) is 5.82 Å². The standard InChI is InChI=1S/C20H14ClFN6O6/c1-33-17-6-15-11(5-16(17)28(31)32)19(24-9-23-15)25-14-3-2-10(4-12(14)21)34-20-13(22)7-27(26-20)8-18(29)30/h2-7,9H,8H2,1H3,(H,29,30)(H,23,24,25).